The van der Waals surface area contributed by atoms with Crippen LogP contribution in [0, 0.1) is 18.3 Å². The molecule has 5 nitrogen and oxygen atoms in total. The van der Waals surface area contributed by atoms with E-state index in [1.165, 1.54) is 0 Å². The number of aromatic nitrogens is 2. The van der Waals surface area contributed by atoms with Crippen molar-refractivity contribution in [3.05, 3.63) is 58.9 Å². The molecule has 0 amide bonds. The Balaban J connectivity index is 2.15. The Morgan fingerprint density at radius 3 is 2.95 bits per heavy atom. The molecule has 1 atom stereocenters. The first-order valence-electron chi connectivity index (χ1n) is 5.87. The highest BCUT2D eigenvalue weighted by Crippen LogP contribution is 2.38. The van der Waals surface area contributed by atoms with Gasteiger partial charge in [0.05, 0.1) is 17.1 Å². The van der Waals surface area contributed by atoms with E-state index < -0.39 is 0 Å². The molecule has 1 unspecified atom stereocenters. The first-order valence-corrected chi connectivity index (χ1v) is 5.87. The predicted octanol–water partition coefficient (Wildman–Crippen LogP) is 1.51. The van der Waals surface area contributed by atoms with Crippen molar-refractivity contribution in [1.82, 2.24) is 9.97 Å². The smallest absolute Gasteiger partial charge is 0.142 e. The molecule has 0 radical (unpaired) electrons. The third-order valence-corrected chi connectivity index (χ3v) is 3.12. The lowest BCUT2D eigenvalue weighted by Crippen LogP contribution is -2.13. The molecule has 0 fully saturated rings. The summed E-state index contributed by atoms with van der Waals surface area (Å²) in [5.41, 5.74) is 9.42. The summed E-state index contributed by atoms with van der Waals surface area (Å²) in [6, 6.07) is 2.13. The zero-order valence-corrected chi connectivity index (χ0v) is 10.3. The number of aryl methyl sites for hydroxylation is 1. The number of hydrogen-bond donors (Lipinski definition) is 1. The van der Waals surface area contributed by atoms with Gasteiger partial charge in [0, 0.05) is 23.9 Å². The van der Waals surface area contributed by atoms with E-state index >= 15 is 0 Å². The number of nitrogens with zero attached hydrogens (tertiary/aromatic N) is 4. The van der Waals surface area contributed by atoms with Gasteiger partial charge in [0.2, 0.25) is 0 Å². The fourth-order valence-corrected chi connectivity index (χ4v) is 2.30. The number of nitriles is 1. The molecule has 92 valence electrons. The summed E-state index contributed by atoms with van der Waals surface area (Å²) >= 11 is 0. The van der Waals surface area contributed by atoms with Crippen LogP contribution in [-0.2, 0) is 0 Å². The molecule has 0 saturated heterocycles. The zero-order chi connectivity index (χ0) is 13.4. The monoisotopic (exact) mass is 249 g/mol. The highest BCUT2D eigenvalue weighted by Gasteiger charge is 2.30. The lowest BCUT2D eigenvalue weighted by molar-refractivity contribution is 0.891. The summed E-state index contributed by atoms with van der Waals surface area (Å²) in [7, 11) is 0. The summed E-state index contributed by atoms with van der Waals surface area (Å²) in [6.07, 6.45) is 9.15. The number of allylic oxidation sites excluding steroid dienone is 4. The molecule has 1 aromatic rings. The van der Waals surface area contributed by atoms with Crippen LogP contribution in [0.4, 0.5) is 0 Å². The van der Waals surface area contributed by atoms with E-state index in [1.54, 1.807) is 12.4 Å². The van der Waals surface area contributed by atoms with Crippen LogP contribution >= 0.6 is 0 Å². The van der Waals surface area contributed by atoms with Gasteiger partial charge in [-0.3, -0.25) is 9.97 Å². The standard InChI is InChI=1S/C14H11N5/c1-8-6-17-7-12(18-8)9-3-2-4-11-13(9)10(5-15)14(16)19-11/h2-4,6-7,9H,1H3,(H2,16,19). The molecule has 2 aliphatic rings. The molecular formula is C14H11N5. The van der Waals surface area contributed by atoms with Crippen molar-refractivity contribution < 1.29 is 0 Å². The molecule has 5 heteroatoms. The van der Waals surface area contributed by atoms with Crippen molar-refractivity contribution in [2.75, 3.05) is 0 Å². The third kappa shape index (κ3) is 1.74. The molecule has 0 saturated carbocycles. The highest BCUT2D eigenvalue weighted by molar-refractivity contribution is 6.06. The SMILES string of the molecule is Cc1cncc(C2C=CC=C3N=C(N)C(C#N)=C32)n1. The molecule has 2 heterocycles. The minimum atomic E-state index is -0.119. The first-order chi connectivity index (χ1) is 9.20. The second kappa shape index (κ2) is 4.18. The second-order valence-electron chi connectivity index (χ2n) is 4.40. The average Bonchev–Trinajstić information content (AvgIpc) is 2.73. The van der Waals surface area contributed by atoms with Gasteiger partial charge in [0.1, 0.15) is 17.5 Å². The summed E-state index contributed by atoms with van der Waals surface area (Å²) in [5.74, 6) is 0.157. The Kier molecular flexibility index (Phi) is 2.50. The van der Waals surface area contributed by atoms with Crippen LogP contribution in [0.5, 0.6) is 0 Å². The van der Waals surface area contributed by atoms with Crippen molar-refractivity contribution in [2.24, 2.45) is 10.7 Å². The van der Waals surface area contributed by atoms with Gasteiger partial charge in [-0.05, 0) is 13.0 Å². The molecule has 0 spiro atoms. The van der Waals surface area contributed by atoms with Crippen LogP contribution in [0.15, 0.2) is 52.5 Å². The number of amidine groups is 1. The van der Waals surface area contributed by atoms with Crippen LogP contribution in [0.25, 0.3) is 0 Å². The quantitative estimate of drug-likeness (QED) is 0.817. The van der Waals surface area contributed by atoms with Gasteiger partial charge in [-0.1, -0.05) is 12.2 Å². The molecule has 1 aromatic heterocycles. The van der Waals surface area contributed by atoms with Crippen molar-refractivity contribution in [2.45, 2.75) is 12.8 Å². The van der Waals surface area contributed by atoms with Crippen LogP contribution in [0.3, 0.4) is 0 Å². The van der Waals surface area contributed by atoms with Crippen molar-refractivity contribution >= 4 is 5.84 Å². The van der Waals surface area contributed by atoms with E-state index in [1.807, 2.05) is 25.2 Å². The van der Waals surface area contributed by atoms with Gasteiger partial charge in [0.25, 0.3) is 0 Å². The average molecular weight is 249 g/mol. The Hall–Kier alpha value is -2.74. The van der Waals surface area contributed by atoms with Crippen molar-refractivity contribution in [3.8, 4) is 6.07 Å². The molecular weight excluding hydrogens is 238 g/mol. The molecule has 0 bridgehead atoms. The molecule has 2 N–H and O–H groups in total. The van der Waals surface area contributed by atoms with E-state index in [9.17, 15) is 5.26 Å². The lowest BCUT2D eigenvalue weighted by atomic mass is 9.87. The van der Waals surface area contributed by atoms with Crippen LogP contribution in [0.1, 0.15) is 17.3 Å². The summed E-state index contributed by atoms with van der Waals surface area (Å²) in [4.78, 5) is 12.8. The third-order valence-electron chi connectivity index (χ3n) is 3.12. The van der Waals surface area contributed by atoms with Gasteiger partial charge >= 0.3 is 0 Å². The Labute approximate surface area is 110 Å². The fourth-order valence-electron chi connectivity index (χ4n) is 2.30. The van der Waals surface area contributed by atoms with E-state index in [2.05, 4.69) is 21.0 Å². The predicted molar refractivity (Wildman–Crippen MR) is 71.0 cm³/mol. The number of aliphatic imine (C=N–C) groups is 1. The van der Waals surface area contributed by atoms with Crippen LogP contribution < -0.4 is 5.73 Å². The van der Waals surface area contributed by atoms with E-state index in [4.69, 9.17) is 5.73 Å². The van der Waals surface area contributed by atoms with E-state index in [0.29, 0.717) is 5.57 Å². The van der Waals surface area contributed by atoms with Gasteiger partial charge in [-0.2, -0.15) is 5.26 Å². The van der Waals surface area contributed by atoms with Crippen LogP contribution in [-0.4, -0.2) is 15.8 Å². The largest absolute Gasteiger partial charge is 0.383 e. The molecule has 0 aromatic carbocycles. The summed E-state index contributed by atoms with van der Waals surface area (Å²) < 4.78 is 0. The molecule has 1 aliphatic carbocycles. The molecule has 1 aliphatic heterocycles. The maximum atomic E-state index is 9.24. The number of hydrogen-bond acceptors (Lipinski definition) is 5. The first kappa shape index (κ1) is 11.4. The minimum absolute atomic E-state index is 0.119. The van der Waals surface area contributed by atoms with E-state index in [-0.39, 0.29) is 11.8 Å². The fraction of sp³-hybridized carbons (Fsp3) is 0.143. The molecule has 3 rings (SSSR count). The maximum absolute atomic E-state index is 9.24. The lowest BCUT2D eigenvalue weighted by Gasteiger charge is -2.17. The van der Waals surface area contributed by atoms with Crippen molar-refractivity contribution in [3.63, 3.8) is 0 Å². The van der Waals surface area contributed by atoms with Gasteiger partial charge in [-0.25, -0.2) is 4.99 Å². The summed E-state index contributed by atoms with van der Waals surface area (Å²) in [5, 5.41) is 9.24. The van der Waals surface area contributed by atoms with Gasteiger partial charge in [-0.15, -0.1) is 0 Å². The zero-order valence-electron chi connectivity index (χ0n) is 10.3. The highest BCUT2D eigenvalue weighted by atomic mass is 14.9. The van der Waals surface area contributed by atoms with Crippen LogP contribution in [0.2, 0.25) is 0 Å². The number of rotatable bonds is 1. The maximum Gasteiger partial charge on any atom is 0.142 e. The summed E-state index contributed by atoms with van der Waals surface area (Å²) in [6.45, 7) is 1.89. The Morgan fingerprint density at radius 1 is 1.37 bits per heavy atom. The Morgan fingerprint density at radius 2 is 2.21 bits per heavy atom. The minimum Gasteiger partial charge on any atom is -0.383 e. The normalized spacial score (nSPS) is 20.7. The second-order valence-corrected chi connectivity index (χ2v) is 4.40. The number of fused-ring (bicyclic) bond motifs is 1. The van der Waals surface area contributed by atoms with E-state index in [0.717, 1.165) is 22.7 Å². The Bertz CT molecular complexity index is 716. The topological polar surface area (TPSA) is 88.0 Å². The molecule has 19 heavy (non-hydrogen) atoms. The number of nitrogens with two attached hydrogens (primary N) is 1. The van der Waals surface area contributed by atoms with Crippen molar-refractivity contribution in [1.29, 1.82) is 5.26 Å². The van der Waals surface area contributed by atoms with Gasteiger partial charge < -0.3 is 5.73 Å². The van der Waals surface area contributed by atoms with Gasteiger partial charge in [0.15, 0.2) is 0 Å².